The van der Waals surface area contributed by atoms with Gasteiger partial charge in [0.15, 0.2) is 5.69 Å². The summed E-state index contributed by atoms with van der Waals surface area (Å²) >= 11 is 0. The van der Waals surface area contributed by atoms with Crippen LogP contribution in [-0.2, 0) is 11.2 Å². The van der Waals surface area contributed by atoms with E-state index in [-0.39, 0.29) is 5.91 Å². The third-order valence-corrected chi connectivity index (χ3v) is 4.60. The van der Waals surface area contributed by atoms with Crippen LogP contribution in [0.1, 0.15) is 23.2 Å². The molecule has 7 heteroatoms. The van der Waals surface area contributed by atoms with Gasteiger partial charge in [0.25, 0.3) is 5.91 Å². The van der Waals surface area contributed by atoms with E-state index in [0.29, 0.717) is 42.7 Å². The quantitative estimate of drug-likeness (QED) is 0.733. The Morgan fingerprint density at radius 1 is 1.14 bits per heavy atom. The molecule has 0 atom stereocenters. The second-order valence-electron chi connectivity index (χ2n) is 6.47. The van der Waals surface area contributed by atoms with Crippen LogP contribution in [0.4, 0.5) is 11.5 Å². The standard InChI is InChI=1S/C21H22N4O3/c1-2-17-19(24-21(28-17)15-6-4-3-5-7-15)20(26)23-16-8-9-18(22-14-16)25-10-12-27-13-11-25/h3-9,14H,2,10-13H2,1H3,(H,23,26). The number of hydrogen-bond acceptors (Lipinski definition) is 6. The molecule has 0 aliphatic carbocycles. The van der Waals surface area contributed by atoms with Crippen molar-refractivity contribution in [3.63, 3.8) is 0 Å². The highest BCUT2D eigenvalue weighted by Crippen LogP contribution is 2.23. The Morgan fingerprint density at radius 3 is 2.61 bits per heavy atom. The summed E-state index contributed by atoms with van der Waals surface area (Å²) in [6, 6.07) is 13.3. The summed E-state index contributed by atoms with van der Waals surface area (Å²) in [5, 5.41) is 2.86. The van der Waals surface area contributed by atoms with E-state index in [2.05, 4.69) is 20.2 Å². The molecule has 3 heterocycles. The third-order valence-electron chi connectivity index (χ3n) is 4.60. The number of anilines is 2. The maximum atomic E-state index is 12.7. The van der Waals surface area contributed by atoms with Gasteiger partial charge in [-0.3, -0.25) is 4.79 Å². The van der Waals surface area contributed by atoms with E-state index in [9.17, 15) is 4.79 Å². The molecule has 0 unspecified atom stereocenters. The number of carbonyl (C=O) groups excluding carboxylic acids is 1. The van der Waals surface area contributed by atoms with Crippen LogP contribution in [0.25, 0.3) is 11.5 Å². The van der Waals surface area contributed by atoms with Crippen LogP contribution in [-0.4, -0.2) is 42.2 Å². The van der Waals surface area contributed by atoms with Crippen molar-refractivity contribution < 1.29 is 13.9 Å². The average molecular weight is 378 g/mol. The van der Waals surface area contributed by atoms with Crippen molar-refractivity contribution in [2.24, 2.45) is 0 Å². The molecular weight excluding hydrogens is 356 g/mol. The second kappa shape index (κ2) is 8.22. The molecule has 1 N–H and O–H groups in total. The number of hydrogen-bond donors (Lipinski definition) is 1. The molecule has 0 bridgehead atoms. The number of amides is 1. The average Bonchev–Trinajstić information content (AvgIpc) is 3.20. The molecule has 1 fully saturated rings. The molecule has 0 saturated carbocycles. The lowest BCUT2D eigenvalue weighted by atomic mass is 10.2. The zero-order valence-electron chi connectivity index (χ0n) is 15.7. The number of benzene rings is 1. The smallest absolute Gasteiger partial charge is 0.277 e. The molecular formula is C21H22N4O3. The van der Waals surface area contributed by atoms with Gasteiger partial charge in [-0.05, 0) is 24.3 Å². The first-order valence-corrected chi connectivity index (χ1v) is 9.40. The van der Waals surface area contributed by atoms with Gasteiger partial charge in [-0.1, -0.05) is 25.1 Å². The minimum Gasteiger partial charge on any atom is -0.440 e. The number of nitrogens with zero attached hydrogens (tertiary/aromatic N) is 3. The number of ether oxygens (including phenoxy) is 1. The summed E-state index contributed by atoms with van der Waals surface area (Å²) < 4.78 is 11.2. The minimum absolute atomic E-state index is 0.302. The molecule has 2 aromatic heterocycles. The Kier molecular flexibility index (Phi) is 5.34. The van der Waals surface area contributed by atoms with E-state index in [1.54, 1.807) is 6.20 Å². The number of carbonyl (C=O) groups is 1. The highest BCUT2D eigenvalue weighted by Gasteiger charge is 2.20. The fourth-order valence-corrected chi connectivity index (χ4v) is 3.10. The first-order valence-electron chi connectivity index (χ1n) is 9.40. The predicted molar refractivity (Wildman–Crippen MR) is 107 cm³/mol. The normalized spacial score (nSPS) is 14.1. The molecule has 1 aliphatic heterocycles. The molecule has 1 amide bonds. The maximum Gasteiger partial charge on any atom is 0.277 e. The first-order chi connectivity index (χ1) is 13.7. The summed E-state index contributed by atoms with van der Waals surface area (Å²) in [6.45, 7) is 4.98. The SMILES string of the molecule is CCc1oc(-c2ccccc2)nc1C(=O)Nc1ccc(N2CCOCC2)nc1. The summed E-state index contributed by atoms with van der Waals surface area (Å²) in [7, 11) is 0. The van der Waals surface area contributed by atoms with Gasteiger partial charge < -0.3 is 19.4 Å². The molecule has 28 heavy (non-hydrogen) atoms. The van der Waals surface area contributed by atoms with Gasteiger partial charge >= 0.3 is 0 Å². The Labute approximate surface area is 163 Å². The summed E-state index contributed by atoms with van der Waals surface area (Å²) in [5.41, 5.74) is 1.76. The molecule has 144 valence electrons. The lowest BCUT2D eigenvalue weighted by Gasteiger charge is -2.27. The number of morpholine rings is 1. The molecule has 3 aromatic rings. The summed E-state index contributed by atoms with van der Waals surface area (Å²) in [4.78, 5) is 23.8. The summed E-state index contributed by atoms with van der Waals surface area (Å²) in [5.74, 6) is 1.59. The van der Waals surface area contributed by atoms with Crippen molar-refractivity contribution >= 4 is 17.4 Å². The van der Waals surface area contributed by atoms with E-state index < -0.39 is 0 Å². The lowest BCUT2D eigenvalue weighted by Crippen LogP contribution is -2.36. The highest BCUT2D eigenvalue weighted by molar-refractivity contribution is 6.03. The van der Waals surface area contributed by atoms with Crippen LogP contribution < -0.4 is 10.2 Å². The first kappa shape index (κ1) is 18.2. The molecule has 1 aromatic carbocycles. The van der Waals surface area contributed by atoms with Crippen LogP contribution in [0, 0.1) is 0 Å². The Bertz CT molecular complexity index is 932. The molecule has 0 radical (unpaired) electrons. The predicted octanol–water partition coefficient (Wildman–Crippen LogP) is 3.39. The van der Waals surface area contributed by atoms with Crippen LogP contribution in [0.3, 0.4) is 0 Å². The minimum atomic E-state index is -0.302. The van der Waals surface area contributed by atoms with E-state index >= 15 is 0 Å². The molecule has 0 spiro atoms. The van der Waals surface area contributed by atoms with Crippen LogP contribution in [0.2, 0.25) is 0 Å². The maximum absolute atomic E-state index is 12.7. The topological polar surface area (TPSA) is 80.5 Å². The Balaban J connectivity index is 1.49. The van der Waals surface area contributed by atoms with Crippen molar-refractivity contribution in [1.29, 1.82) is 0 Å². The van der Waals surface area contributed by atoms with Gasteiger partial charge in [0, 0.05) is 25.1 Å². The fraction of sp³-hybridized carbons (Fsp3) is 0.286. The third kappa shape index (κ3) is 3.89. The largest absolute Gasteiger partial charge is 0.440 e. The van der Waals surface area contributed by atoms with Gasteiger partial charge in [0.05, 0.1) is 25.1 Å². The van der Waals surface area contributed by atoms with Gasteiger partial charge in [0.2, 0.25) is 5.89 Å². The molecule has 7 nitrogen and oxygen atoms in total. The van der Waals surface area contributed by atoms with E-state index in [0.717, 1.165) is 24.5 Å². The number of nitrogens with one attached hydrogen (secondary N) is 1. The van der Waals surface area contributed by atoms with Crippen molar-refractivity contribution in [3.05, 3.63) is 60.1 Å². The Hall–Kier alpha value is -3.19. The van der Waals surface area contributed by atoms with Crippen LogP contribution in [0.5, 0.6) is 0 Å². The lowest BCUT2D eigenvalue weighted by molar-refractivity contribution is 0.102. The van der Waals surface area contributed by atoms with Crippen LogP contribution >= 0.6 is 0 Å². The van der Waals surface area contributed by atoms with Gasteiger partial charge in [-0.15, -0.1) is 0 Å². The number of oxazole rings is 1. The zero-order valence-corrected chi connectivity index (χ0v) is 15.7. The zero-order chi connectivity index (χ0) is 19.3. The molecule has 1 aliphatic rings. The van der Waals surface area contributed by atoms with Crippen molar-refractivity contribution in [2.75, 3.05) is 36.5 Å². The molecule has 4 rings (SSSR count). The summed E-state index contributed by atoms with van der Waals surface area (Å²) in [6.07, 6.45) is 2.24. The Morgan fingerprint density at radius 2 is 1.93 bits per heavy atom. The van der Waals surface area contributed by atoms with Crippen LogP contribution in [0.15, 0.2) is 53.1 Å². The second-order valence-corrected chi connectivity index (χ2v) is 6.47. The van der Waals surface area contributed by atoms with E-state index in [1.807, 2.05) is 49.4 Å². The van der Waals surface area contributed by atoms with E-state index in [4.69, 9.17) is 9.15 Å². The van der Waals surface area contributed by atoms with Crippen molar-refractivity contribution in [1.82, 2.24) is 9.97 Å². The molecule has 1 saturated heterocycles. The monoisotopic (exact) mass is 378 g/mol. The van der Waals surface area contributed by atoms with Gasteiger partial charge in [-0.2, -0.15) is 0 Å². The number of pyridine rings is 1. The highest BCUT2D eigenvalue weighted by atomic mass is 16.5. The number of aryl methyl sites for hydroxylation is 1. The van der Waals surface area contributed by atoms with E-state index in [1.165, 1.54) is 0 Å². The fourth-order valence-electron chi connectivity index (χ4n) is 3.10. The van der Waals surface area contributed by atoms with Crippen molar-refractivity contribution in [3.8, 4) is 11.5 Å². The number of rotatable bonds is 5. The van der Waals surface area contributed by atoms with Crippen molar-refractivity contribution in [2.45, 2.75) is 13.3 Å². The number of aromatic nitrogens is 2. The van der Waals surface area contributed by atoms with Gasteiger partial charge in [-0.25, -0.2) is 9.97 Å². The van der Waals surface area contributed by atoms with Gasteiger partial charge in [0.1, 0.15) is 11.6 Å².